The zero-order valence-electron chi connectivity index (χ0n) is 17.2. The number of rotatable bonds is 7. The maximum Gasteiger partial charge on any atom is 0.309 e. The van der Waals surface area contributed by atoms with Crippen molar-refractivity contribution in [1.82, 2.24) is 4.31 Å². The van der Waals surface area contributed by atoms with Crippen LogP contribution in [0.2, 0.25) is 5.02 Å². The molecule has 1 amide bonds. The molecule has 2 aromatic carbocycles. The summed E-state index contributed by atoms with van der Waals surface area (Å²) in [6.45, 7) is -0.214. The molecule has 0 radical (unpaired) electrons. The highest BCUT2D eigenvalue weighted by molar-refractivity contribution is 7.89. The molecular formula is C21H22ClFN2O6S. The molecule has 172 valence electrons. The zero-order chi connectivity index (χ0) is 23.3. The molecule has 0 aromatic heterocycles. The van der Waals surface area contributed by atoms with Gasteiger partial charge < -0.3 is 14.8 Å². The van der Waals surface area contributed by atoms with E-state index in [9.17, 15) is 22.4 Å². The number of benzene rings is 2. The number of methoxy groups -OCH3 is 1. The van der Waals surface area contributed by atoms with E-state index in [4.69, 9.17) is 21.1 Å². The van der Waals surface area contributed by atoms with Crippen molar-refractivity contribution in [1.29, 1.82) is 0 Å². The Balaban J connectivity index is 1.49. The third kappa shape index (κ3) is 5.76. The molecule has 3 rings (SSSR count). The highest BCUT2D eigenvalue weighted by atomic mass is 35.5. The quantitative estimate of drug-likeness (QED) is 0.606. The Bertz CT molecular complexity index is 1090. The number of sulfonamides is 1. The number of anilines is 1. The lowest BCUT2D eigenvalue weighted by atomic mass is 9.98. The zero-order valence-corrected chi connectivity index (χ0v) is 18.8. The van der Waals surface area contributed by atoms with Crippen LogP contribution in [0, 0.1) is 11.7 Å². The first-order valence-corrected chi connectivity index (χ1v) is 11.6. The first-order valence-electron chi connectivity index (χ1n) is 9.76. The molecule has 1 heterocycles. The molecule has 0 aliphatic carbocycles. The van der Waals surface area contributed by atoms with Crippen LogP contribution in [0.15, 0.2) is 47.4 Å². The molecule has 1 fully saturated rings. The number of esters is 1. The predicted octanol–water partition coefficient (Wildman–Crippen LogP) is 3.07. The number of hydrogen-bond acceptors (Lipinski definition) is 6. The van der Waals surface area contributed by atoms with Crippen molar-refractivity contribution in [3.8, 4) is 5.75 Å². The minimum absolute atomic E-state index is 0.0233. The molecule has 32 heavy (non-hydrogen) atoms. The van der Waals surface area contributed by atoms with Gasteiger partial charge in [-0.15, -0.1) is 0 Å². The van der Waals surface area contributed by atoms with E-state index in [0.29, 0.717) is 5.75 Å². The maximum atomic E-state index is 13.1. The van der Waals surface area contributed by atoms with Crippen LogP contribution in [0.25, 0.3) is 0 Å². The molecule has 0 bridgehead atoms. The second kappa shape index (κ2) is 10.3. The number of carbonyl (C=O) groups is 2. The SMILES string of the molecule is COc1ccc(S(=O)(=O)N2CCC(C(=O)OCC(=O)Nc3ccc(F)cc3Cl)CC2)cc1. The van der Waals surface area contributed by atoms with Crippen molar-refractivity contribution in [3.05, 3.63) is 53.3 Å². The van der Waals surface area contributed by atoms with Gasteiger partial charge in [-0.2, -0.15) is 4.31 Å². The molecule has 8 nitrogen and oxygen atoms in total. The first kappa shape index (κ1) is 24.0. The third-order valence-electron chi connectivity index (χ3n) is 5.04. The molecule has 1 N–H and O–H groups in total. The van der Waals surface area contributed by atoms with Gasteiger partial charge in [0.25, 0.3) is 5.91 Å². The minimum atomic E-state index is -3.68. The Hall–Kier alpha value is -2.69. The van der Waals surface area contributed by atoms with Gasteiger partial charge in [-0.05, 0) is 55.3 Å². The minimum Gasteiger partial charge on any atom is -0.497 e. The number of ether oxygens (including phenoxy) is 2. The lowest BCUT2D eigenvalue weighted by Gasteiger charge is -2.30. The van der Waals surface area contributed by atoms with E-state index in [1.165, 1.54) is 29.6 Å². The van der Waals surface area contributed by atoms with Gasteiger partial charge in [-0.3, -0.25) is 9.59 Å². The van der Waals surface area contributed by atoms with Gasteiger partial charge in [0.15, 0.2) is 6.61 Å². The third-order valence-corrected chi connectivity index (χ3v) is 7.26. The lowest BCUT2D eigenvalue weighted by molar-refractivity contribution is -0.152. The Morgan fingerprint density at radius 2 is 1.81 bits per heavy atom. The highest BCUT2D eigenvalue weighted by Gasteiger charge is 2.33. The molecule has 11 heteroatoms. The monoisotopic (exact) mass is 484 g/mol. The summed E-state index contributed by atoms with van der Waals surface area (Å²) in [4.78, 5) is 24.4. The molecule has 1 saturated heterocycles. The van der Waals surface area contributed by atoms with Crippen molar-refractivity contribution in [2.45, 2.75) is 17.7 Å². The summed E-state index contributed by atoms with van der Waals surface area (Å²) in [5.74, 6) is -1.70. The van der Waals surface area contributed by atoms with E-state index in [1.54, 1.807) is 12.1 Å². The predicted molar refractivity (Wildman–Crippen MR) is 115 cm³/mol. The van der Waals surface area contributed by atoms with Crippen LogP contribution in [0.1, 0.15) is 12.8 Å². The van der Waals surface area contributed by atoms with Crippen LogP contribution in [0.3, 0.4) is 0 Å². The van der Waals surface area contributed by atoms with E-state index in [2.05, 4.69) is 5.32 Å². The van der Waals surface area contributed by atoms with Crippen LogP contribution in [-0.2, 0) is 24.3 Å². The average molecular weight is 485 g/mol. The van der Waals surface area contributed by atoms with Crippen molar-refractivity contribution in [2.75, 3.05) is 32.1 Å². The number of amides is 1. The van der Waals surface area contributed by atoms with Crippen LogP contribution >= 0.6 is 11.6 Å². The summed E-state index contributed by atoms with van der Waals surface area (Å²) in [6, 6.07) is 9.58. The van der Waals surface area contributed by atoms with Gasteiger partial charge in [0, 0.05) is 13.1 Å². The van der Waals surface area contributed by atoms with E-state index in [1.807, 2.05) is 0 Å². The smallest absolute Gasteiger partial charge is 0.309 e. The number of halogens is 2. The Labute approximate surface area is 190 Å². The summed E-state index contributed by atoms with van der Waals surface area (Å²) in [5.41, 5.74) is 0.200. The topological polar surface area (TPSA) is 102 Å². The van der Waals surface area contributed by atoms with Crippen LogP contribution in [0.4, 0.5) is 10.1 Å². The fourth-order valence-electron chi connectivity index (χ4n) is 3.26. The van der Waals surface area contributed by atoms with Crippen LogP contribution in [-0.4, -0.2) is 51.4 Å². The van der Waals surface area contributed by atoms with Crippen LogP contribution < -0.4 is 10.1 Å². The number of nitrogens with zero attached hydrogens (tertiary/aromatic N) is 1. The highest BCUT2D eigenvalue weighted by Crippen LogP contribution is 2.26. The Morgan fingerprint density at radius 1 is 1.16 bits per heavy atom. The van der Waals surface area contributed by atoms with Gasteiger partial charge in [0.2, 0.25) is 10.0 Å². The normalized spacial score (nSPS) is 15.2. The average Bonchev–Trinajstić information content (AvgIpc) is 2.79. The van der Waals surface area contributed by atoms with Gasteiger partial charge >= 0.3 is 5.97 Å². The summed E-state index contributed by atoms with van der Waals surface area (Å²) >= 11 is 5.85. The molecule has 0 atom stereocenters. The number of carbonyl (C=O) groups excluding carboxylic acids is 2. The number of hydrogen-bond donors (Lipinski definition) is 1. The largest absolute Gasteiger partial charge is 0.497 e. The standard InChI is InChI=1S/C21H22ClFN2O6S/c1-30-16-3-5-17(6-4-16)32(28,29)25-10-8-14(9-11-25)21(27)31-13-20(26)24-19-7-2-15(23)12-18(19)22/h2-7,12,14H,8-11,13H2,1H3,(H,24,26). The molecule has 0 saturated carbocycles. The van der Waals surface area contributed by atoms with Crippen LogP contribution in [0.5, 0.6) is 5.75 Å². The van der Waals surface area contributed by atoms with Crippen molar-refractivity contribution in [3.63, 3.8) is 0 Å². The molecule has 0 spiro atoms. The summed E-state index contributed by atoms with van der Waals surface area (Å²) < 4.78 is 50.0. The first-order chi connectivity index (χ1) is 15.2. The second-order valence-electron chi connectivity index (χ2n) is 7.13. The lowest BCUT2D eigenvalue weighted by Crippen LogP contribution is -2.40. The van der Waals surface area contributed by atoms with Gasteiger partial charge in [0.1, 0.15) is 11.6 Å². The van der Waals surface area contributed by atoms with Crippen molar-refractivity contribution in [2.24, 2.45) is 5.92 Å². The number of nitrogens with one attached hydrogen (secondary N) is 1. The fraction of sp³-hybridized carbons (Fsp3) is 0.333. The van der Waals surface area contributed by atoms with Crippen molar-refractivity contribution >= 4 is 39.2 Å². The molecular weight excluding hydrogens is 463 g/mol. The van der Waals surface area contributed by atoms with E-state index in [0.717, 1.165) is 12.1 Å². The van der Waals surface area contributed by atoms with Gasteiger partial charge in [-0.1, -0.05) is 11.6 Å². The second-order valence-corrected chi connectivity index (χ2v) is 9.48. The molecule has 0 unspecified atom stereocenters. The van der Waals surface area contributed by atoms with E-state index < -0.39 is 40.2 Å². The fourth-order valence-corrected chi connectivity index (χ4v) is 4.94. The Kier molecular flexibility index (Phi) is 7.70. The maximum absolute atomic E-state index is 13.1. The summed E-state index contributed by atoms with van der Waals surface area (Å²) in [7, 11) is -2.19. The molecule has 2 aromatic rings. The number of piperidine rings is 1. The van der Waals surface area contributed by atoms with E-state index >= 15 is 0 Å². The van der Waals surface area contributed by atoms with Gasteiger partial charge in [-0.25, -0.2) is 12.8 Å². The summed E-state index contributed by atoms with van der Waals surface area (Å²) in [5, 5.41) is 2.46. The summed E-state index contributed by atoms with van der Waals surface area (Å²) in [6.07, 6.45) is 0.555. The Morgan fingerprint density at radius 3 is 2.41 bits per heavy atom. The van der Waals surface area contributed by atoms with Gasteiger partial charge in [0.05, 0.1) is 28.6 Å². The molecule has 1 aliphatic rings. The van der Waals surface area contributed by atoms with Crippen molar-refractivity contribution < 1.29 is 31.9 Å². The van der Waals surface area contributed by atoms with E-state index in [-0.39, 0.29) is 41.5 Å². The molecule has 1 aliphatic heterocycles.